The molecule has 3 N–H and O–H groups in total. The predicted molar refractivity (Wildman–Crippen MR) is 102 cm³/mol. The average molecular weight is 414 g/mol. The van der Waals surface area contributed by atoms with Crippen molar-refractivity contribution in [3.63, 3.8) is 0 Å². The third-order valence-corrected chi connectivity index (χ3v) is 5.95. The molecular formula is C21H22N2O7. The number of carboxylic acids is 1. The van der Waals surface area contributed by atoms with Gasteiger partial charge in [0.05, 0.1) is 18.9 Å². The molecule has 158 valence electrons. The second-order valence-electron chi connectivity index (χ2n) is 7.95. The number of ether oxygens (including phenoxy) is 2. The maximum Gasteiger partial charge on any atom is 0.310 e. The second-order valence-corrected chi connectivity index (χ2v) is 7.95. The molecule has 0 saturated carbocycles. The van der Waals surface area contributed by atoms with Crippen molar-refractivity contribution in [2.45, 2.75) is 30.6 Å². The molecule has 9 heteroatoms. The molecule has 0 radical (unpaired) electrons. The Balaban J connectivity index is 1.51. The number of nitrogens with two attached hydrogens (primary N) is 1. The van der Waals surface area contributed by atoms with Gasteiger partial charge >= 0.3 is 11.9 Å². The highest BCUT2D eigenvalue weighted by molar-refractivity contribution is 5.91. The van der Waals surface area contributed by atoms with E-state index in [1.54, 1.807) is 17.1 Å². The first kappa shape index (κ1) is 20.1. The summed E-state index contributed by atoms with van der Waals surface area (Å²) in [7, 11) is 0. The monoisotopic (exact) mass is 414 g/mol. The quantitative estimate of drug-likeness (QED) is 0.459. The topological polar surface area (TPSA) is 136 Å². The van der Waals surface area contributed by atoms with Crippen LogP contribution in [0.1, 0.15) is 18.4 Å². The Kier molecular flexibility index (Phi) is 4.85. The lowest BCUT2D eigenvalue weighted by molar-refractivity contribution is -0.162. The maximum absolute atomic E-state index is 13.1. The van der Waals surface area contributed by atoms with Crippen LogP contribution in [0.25, 0.3) is 0 Å². The van der Waals surface area contributed by atoms with Crippen LogP contribution >= 0.6 is 0 Å². The largest absolute Gasteiger partial charge is 0.481 e. The molecule has 0 aliphatic carbocycles. The van der Waals surface area contributed by atoms with Crippen molar-refractivity contribution in [1.82, 2.24) is 4.90 Å². The summed E-state index contributed by atoms with van der Waals surface area (Å²) in [5, 5.41) is 9.89. The van der Waals surface area contributed by atoms with Crippen LogP contribution in [0.3, 0.4) is 0 Å². The van der Waals surface area contributed by atoms with Crippen LogP contribution < -0.4 is 5.73 Å². The van der Waals surface area contributed by atoms with Crippen molar-refractivity contribution < 1.29 is 33.8 Å². The van der Waals surface area contributed by atoms with Gasteiger partial charge in [-0.05, 0) is 11.6 Å². The molecule has 2 fully saturated rings. The number of hydrogen-bond acceptors (Lipinski definition) is 6. The van der Waals surface area contributed by atoms with E-state index >= 15 is 0 Å². The van der Waals surface area contributed by atoms with Crippen molar-refractivity contribution in [3.8, 4) is 0 Å². The summed E-state index contributed by atoms with van der Waals surface area (Å²) in [6.45, 7) is 0.238. The van der Waals surface area contributed by atoms with Gasteiger partial charge in [0.15, 0.2) is 0 Å². The minimum Gasteiger partial charge on any atom is -0.481 e. The van der Waals surface area contributed by atoms with Gasteiger partial charge in [0, 0.05) is 13.0 Å². The third kappa shape index (κ3) is 3.24. The van der Waals surface area contributed by atoms with Gasteiger partial charge in [0.25, 0.3) is 0 Å². The Hall–Kier alpha value is -3.20. The fourth-order valence-corrected chi connectivity index (χ4v) is 4.66. The molecule has 0 aromatic heterocycles. The predicted octanol–water partition coefficient (Wildman–Crippen LogP) is 0.232. The molecular weight excluding hydrogens is 392 g/mol. The lowest BCUT2D eigenvalue weighted by atomic mass is 9.72. The summed E-state index contributed by atoms with van der Waals surface area (Å²) in [4.78, 5) is 49.6. The lowest BCUT2D eigenvalue weighted by Crippen LogP contribution is -2.47. The molecule has 3 aliphatic rings. The van der Waals surface area contributed by atoms with E-state index in [2.05, 4.69) is 0 Å². The summed E-state index contributed by atoms with van der Waals surface area (Å²) < 4.78 is 11.3. The van der Waals surface area contributed by atoms with E-state index in [4.69, 9.17) is 15.2 Å². The van der Waals surface area contributed by atoms with Crippen LogP contribution in [0.15, 0.2) is 42.5 Å². The molecule has 0 unspecified atom stereocenters. The number of nitrogens with zero attached hydrogens (tertiary/aromatic N) is 1. The first-order valence-corrected chi connectivity index (χ1v) is 9.66. The molecule has 9 nitrogen and oxygen atoms in total. The van der Waals surface area contributed by atoms with Crippen LogP contribution in [-0.2, 0) is 35.2 Å². The van der Waals surface area contributed by atoms with E-state index in [0.29, 0.717) is 6.54 Å². The summed E-state index contributed by atoms with van der Waals surface area (Å²) in [6.07, 6.45) is 2.94. The summed E-state index contributed by atoms with van der Waals surface area (Å²) in [5.74, 6) is -4.87. The Labute approximate surface area is 172 Å². The highest BCUT2D eigenvalue weighted by atomic mass is 16.6. The first-order chi connectivity index (χ1) is 14.3. The normalized spacial score (nSPS) is 31.1. The number of esters is 1. The Bertz CT molecular complexity index is 931. The summed E-state index contributed by atoms with van der Waals surface area (Å²) >= 11 is 0. The van der Waals surface area contributed by atoms with E-state index in [9.17, 15) is 24.3 Å². The molecule has 1 aromatic rings. The van der Waals surface area contributed by atoms with E-state index in [1.165, 1.54) is 0 Å². The molecule has 2 bridgehead atoms. The highest BCUT2D eigenvalue weighted by Gasteiger charge is 2.73. The highest BCUT2D eigenvalue weighted by Crippen LogP contribution is 2.57. The van der Waals surface area contributed by atoms with E-state index in [1.807, 2.05) is 30.3 Å². The molecule has 3 heterocycles. The van der Waals surface area contributed by atoms with Gasteiger partial charge < -0.3 is 25.2 Å². The first-order valence-electron chi connectivity index (χ1n) is 9.66. The van der Waals surface area contributed by atoms with E-state index < -0.39 is 40.9 Å². The zero-order valence-electron chi connectivity index (χ0n) is 16.2. The molecule has 1 spiro atoms. The van der Waals surface area contributed by atoms with Crippen molar-refractivity contribution in [1.29, 1.82) is 0 Å². The van der Waals surface area contributed by atoms with Gasteiger partial charge in [-0.25, -0.2) is 0 Å². The third-order valence-electron chi connectivity index (χ3n) is 5.95. The molecule has 4 rings (SSSR count). The number of carbonyl (C=O) groups excluding carboxylic acids is 3. The number of fused-ring (bicyclic) bond motifs is 1. The smallest absolute Gasteiger partial charge is 0.310 e. The fraction of sp³-hybridized carbons (Fsp3) is 0.429. The number of primary amides is 1. The van der Waals surface area contributed by atoms with E-state index in [-0.39, 0.29) is 31.9 Å². The van der Waals surface area contributed by atoms with Gasteiger partial charge in [-0.3, -0.25) is 19.2 Å². The van der Waals surface area contributed by atoms with Crippen molar-refractivity contribution >= 4 is 23.8 Å². The van der Waals surface area contributed by atoms with Gasteiger partial charge in [0.2, 0.25) is 11.8 Å². The minimum absolute atomic E-state index is 0.162. The number of amides is 2. The summed E-state index contributed by atoms with van der Waals surface area (Å²) in [5.41, 5.74) is 3.49. The summed E-state index contributed by atoms with van der Waals surface area (Å²) in [6, 6.07) is 9.42. The van der Waals surface area contributed by atoms with Crippen LogP contribution in [0, 0.1) is 11.8 Å². The second kappa shape index (κ2) is 7.24. The number of likely N-dealkylation sites (tertiary alicyclic amines) is 1. The minimum atomic E-state index is -1.41. The Morgan fingerprint density at radius 3 is 2.60 bits per heavy atom. The van der Waals surface area contributed by atoms with Gasteiger partial charge in [-0.1, -0.05) is 36.4 Å². The number of benzene rings is 1. The Morgan fingerprint density at radius 2 is 1.93 bits per heavy atom. The standard InChI is InChI=1S/C21H22N2O7/c22-14(24)6-7-15(25)29-12-21-9-8-20(30-21)11-23(10-13-4-2-1-3-5-13)18(26)16(20)17(21)19(27)28/h1-5,8-9,16-17H,6-7,10-12H2,(H2,22,24)(H,27,28)/t16-,17-,20+,21-/m1/s1. The average Bonchev–Trinajstić information content (AvgIpc) is 3.30. The zero-order chi connectivity index (χ0) is 21.5. The zero-order valence-corrected chi connectivity index (χ0v) is 16.2. The van der Waals surface area contributed by atoms with Crippen LogP contribution in [0.4, 0.5) is 0 Å². The number of carboxylic acid groups (broad SMARTS) is 1. The number of aliphatic carboxylic acids is 1. The van der Waals surface area contributed by atoms with Gasteiger partial charge in [0.1, 0.15) is 23.7 Å². The Morgan fingerprint density at radius 1 is 1.20 bits per heavy atom. The van der Waals surface area contributed by atoms with Crippen molar-refractivity contribution in [2.75, 3.05) is 13.2 Å². The fourth-order valence-electron chi connectivity index (χ4n) is 4.66. The number of rotatable bonds is 8. The van der Waals surface area contributed by atoms with Crippen LogP contribution in [0.2, 0.25) is 0 Å². The van der Waals surface area contributed by atoms with Gasteiger partial charge in [-0.15, -0.1) is 0 Å². The molecule has 3 aliphatic heterocycles. The van der Waals surface area contributed by atoms with Crippen molar-refractivity contribution in [2.24, 2.45) is 17.6 Å². The molecule has 2 amide bonds. The molecule has 30 heavy (non-hydrogen) atoms. The SMILES string of the molecule is NC(=O)CCC(=O)OC[C@]12C=C[C@@]3(CN(Cc4ccccc4)C(=O)[C@H]3[C@@H]1C(=O)O)O2. The number of hydrogen-bond donors (Lipinski definition) is 2. The van der Waals surface area contributed by atoms with E-state index in [0.717, 1.165) is 5.56 Å². The van der Waals surface area contributed by atoms with Crippen LogP contribution in [0.5, 0.6) is 0 Å². The lowest BCUT2D eigenvalue weighted by Gasteiger charge is -2.30. The molecule has 4 atom stereocenters. The maximum atomic E-state index is 13.1. The van der Waals surface area contributed by atoms with Crippen LogP contribution in [-0.4, -0.2) is 58.1 Å². The molecule has 1 aromatic carbocycles. The number of carbonyl (C=O) groups is 4. The van der Waals surface area contributed by atoms with Gasteiger partial charge in [-0.2, -0.15) is 0 Å². The van der Waals surface area contributed by atoms with Crippen molar-refractivity contribution in [3.05, 3.63) is 48.0 Å². The molecule has 2 saturated heterocycles.